The van der Waals surface area contributed by atoms with Crippen LogP contribution in [-0.2, 0) is 13.5 Å². The average Bonchev–Trinajstić information content (AvgIpc) is 2.60. The van der Waals surface area contributed by atoms with Crippen LogP contribution in [0.15, 0.2) is 6.20 Å². The molecule has 1 aromatic rings. The summed E-state index contributed by atoms with van der Waals surface area (Å²) in [5, 5.41) is 7.99. The molecule has 6 heteroatoms. The van der Waals surface area contributed by atoms with Crippen LogP contribution in [0.2, 0.25) is 0 Å². The fourth-order valence-electron chi connectivity index (χ4n) is 1.52. The van der Waals surface area contributed by atoms with Crippen LogP contribution in [0.5, 0.6) is 0 Å². The molecular formula is C10H22N6. The molecule has 1 aromatic heterocycles. The summed E-state index contributed by atoms with van der Waals surface area (Å²) in [5.74, 6) is 5.62. The van der Waals surface area contributed by atoms with Crippen molar-refractivity contribution in [2.45, 2.75) is 31.8 Å². The quantitative estimate of drug-likeness (QED) is 0.524. The number of aromatic nitrogens is 3. The Bertz CT molecular complexity index is 330. The van der Waals surface area contributed by atoms with Gasteiger partial charge in [0.2, 0.25) is 0 Å². The van der Waals surface area contributed by atoms with Crippen LogP contribution in [0.1, 0.15) is 19.5 Å². The highest BCUT2D eigenvalue weighted by Gasteiger charge is 2.31. The number of likely N-dealkylation sites (N-methyl/N-ethyl adjacent to an activating group) is 1. The summed E-state index contributed by atoms with van der Waals surface area (Å²) in [6.07, 6.45) is 2.67. The SMILES string of the molecule is CN(C)C(C)(C)C(Cc1cn(C)nn1)NN. The second kappa shape index (κ2) is 4.90. The summed E-state index contributed by atoms with van der Waals surface area (Å²) in [5.41, 5.74) is 3.76. The molecule has 0 spiro atoms. The molecule has 0 radical (unpaired) electrons. The van der Waals surface area contributed by atoms with E-state index < -0.39 is 0 Å². The highest BCUT2D eigenvalue weighted by molar-refractivity contribution is 5.01. The summed E-state index contributed by atoms with van der Waals surface area (Å²) in [6, 6.07) is 0.124. The van der Waals surface area contributed by atoms with Gasteiger partial charge in [-0.2, -0.15) is 0 Å². The van der Waals surface area contributed by atoms with Gasteiger partial charge in [-0.25, -0.2) is 0 Å². The minimum atomic E-state index is -0.0493. The summed E-state index contributed by atoms with van der Waals surface area (Å²) >= 11 is 0. The summed E-state index contributed by atoms with van der Waals surface area (Å²) in [4.78, 5) is 2.15. The lowest BCUT2D eigenvalue weighted by Crippen LogP contribution is -2.58. The number of hydrogen-bond acceptors (Lipinski definition) is 5. The third-order valence-electron chi connectivity index (χ3n) is 3.27. The molecule has 0 amide bonds. The van der Waals surface area contributed by atoms with Crippen LogP contribution in [0.3, 0.4) is 0 Å². The van der Waals surface area contributed by atoms with Crippen molar-refractivity contribution in [2.75, 3.05) is 14.1 Å². The highest BCUT2D eigenvalue weighted by Crippen LogP contribution is 2.18. The van der Waals surface area contributed by atoms with E-state index in [4.69, 9.17) is 5.84 Å². The molecule has 0 aliphatic heterocycles. The minimum absolute atomic E-state index is 0.0493. The van der Waals surface area contributed by atoms with Crippen LogP contribution in [0, 0.1) is 0 Å². The van der Waals surface area contributed by atoms with Crippen molar-refractivity contribution < 1.29 is 0 Å². The second-order valence-electron chi connectivity index (χ2n) is 4.86. The molecule has 1 rings (SSSR count). The summed E-state index contributed by atoms with van der Waals surface area (Å²) in [6.45, 7) is 4.29. The fourth-order valence-corrected chi connectivity index (χ4v) is 1.52. The normalized spacial score (nSPS) is 14.4. The second-order valence-corrected chi connectivity index (χ2v) is 4.86. The third-order valence-corrected chi connectivity index (χ3v) is 3.27. The Balaban J connectivity index is 2.76. The van der Waals surface area contributed by atoms with Crippen molar-refractivity contribution in [3.05, 3.63) is 11.9 Å². The van der Waals surface area contributed by atoms with Crippen LogP contribution in [-0.4, -0.2) is 45.6 Å². The molecule has 0 aliphatic rings. The Morgan fingerprint density at radius 1 is 1.56 bits per heavy atom. The Labute approximate surface area is 96.8 Å². The zero-order valence-electron chi connectivity index (χ0n) is 10.7. The van der Waals surface area contributed by atoms with Gasteiger partial charge in [0, 0.05) is 31.2 Å². The van der Waals surface area contributed by atoms with Gasteiger partial charge in [-0.15, -0.1) is 5.10 Å². The largest absolute Gasteiger partial charge is 0.303 e. The monoisotopic (exact) mass is 226 g/mol. The summed E-state index contributed by atoms with van der Waals surface area (Å²) < 4.78 is 1.70. The molecule has 0 aromatic carbocycles. The van der Waals surface area contributed by atoms with Gasteiger partial charge >= 0.3 is 0 Å². The number of hydrogen-bond donors (Lipinski definition) is 2. The predicted octanol–water partition coefficient (Wildman–Crippen LogP) is -0.470. The maximum Gasteiger partial charge on any atom is 0.0843 e. The van der Waals surface area contributed by atoms with Gasteiger partial charge in [0.05, 0.1) is 5.69 Å². The van der Waals surface area contributed by atoms with Crippen LogP contribution in [0.4, 0.5) is 0 Å². The number of nitrogens with two attached hydrogens (primary N) is 1. The van der Waals surface area contributed by atoms with Gasteiger partial charge in [0.25, 0.3) is 0 Å². The van der Waals surface area contributed by atoms with E-state index in [0.717, 1.165) is 12.1 Å². The first kappa shape index (κ1) is 13.1. The lowest BCUT2D eigenvalue weighted by Gasteiger charge is -2.39. The molecule has 92 valence electrons. The van der Waals surface area contributed by atoms with Gasteiger partial charge in [0.1, 0.15) is 0 Å². The molecular weight excluding hydrogens is 204 g/mol. The minimum Gasteiger partial charge on any atom is -0.303 e. The Kier molecular flexibility index (Phi) is 4.01. The smallest absolute Gasteiger partial charge is 0.0843 e. The lowest BCUT2D eigenvalue weighted by atomic mass is 9.90. The molecule has 0 saturated heterocycles. The maximum atomic E-state index is 5.62. The molecule has 0 fully saturated rings. The highest BCUT2D eigenvalue weighted by atomic mass is 15.4. The van der Waals surface area contributed by atoms with Gasteiger partial charge in [-0.05, 0) is 27.9 Å². The molecule has 0 saturated carbocycles. The Morgan fingerprint density at radius 3 is 2.56 bits per heavy atom. The van der Waals surface area contributed by atoms with Crippen LogP contribution >= 0.6 is 0 Å². The fraction of sp³-hybridized carbons (Fsp3) is 0.800. The van der Waals surface area contributed by atoms with E-state index >= 15 is 0 Å². The number of rotatable bonds is 5. The van der Waals surface area contributed by atoms with Crippen LogP contribution in [0.25, 0.3) is 0 Å². The van der Waals surface area contributed by atoms with E-state index in [1.54, 1.807) is 4.68 Å². The Hall–Kier alpha value is -0.980. The lowest BCUT2D eigenvalue weighted by molar-refractivity contribution is 0.137. The number of aryl methyl sites for hydroxylation is 1. The molecule has 0 bridgehead atoms. The topological polar surface area (TPSA) is 72.0 Å². The molecule has 3 N–H and O–H groups in total. The van der Waals surface area contributed by atoms with Crippen molar-refractivity contribution in [2.24, 2.45) is 12.9 Å². The third kappa shape index (κ3) is 2.78. The Morgan fingerprint density at radius 2 is 2.19 bits per heavy atom. The van der Waals surface area contributed by atoms with E-state index in [1.165, 1.54) is 0 Å². The maximum absolute atomic E-state index is 5.62. The van der Waals surface area contributed by atoms with Crippen molar-refractivity contribution in [1.82, 2.24) is 25.3 Å². The number of hydrazine groups is 1. The van der Waals surface area contributed by atoms with E-state index in [0.29, 0.717) is 0 Å². The van der Waals surface area contributed by atoms with E-state index in [9.17, 15) is 0 Å². The zero-order valence-corrected chi connectivity index (χ0v) is 10.7. The standard InChI is InChI=1S/C10H22N6/c1-10(2,15(3)4)9(12-11)6-8-7-16(5)14-13-8/h7,9,12H,6,11H2,1-5H3. The van der Waals surface area contributed by atoms with Gasteiger partial charge in [-0.1, -0.05) is 5.21 Å². The average molecular weight is 226 g/mol. The van der Waals surface area contributed by atoms with Gasteiger partial charge in [0.15, 0.2) is 0 Å². The van der Waals surface area contributed by atoms with E-state index in [1.807, 2.05) is 27.3 Å². The molecule has 1 unspecified atom stereocenters. The first-order valence-corrected chi connectivity index (χ1v) is 5.36. The number of nitrogens with zero attached hydrogens (tertiary/aromatic N) is 4. The number of nitrogens with one attached hydrogen (secondary N) is 1. The predicted molar refractivity (Wildman–Crippen MR) is 63.6 cm³/mol. The molecule has 1 heterocycles. The summed E-state index contributed by atoms with van der Waals surface area (Å²) in [7, 11) is 5.94. The van der Waals surface area contributed by atoms with Crippen LogP contribution < -0.4 is 11.3 Å². The van der Waals surface area contributed by atoms with Crippen molar-refractivity contribution >= 4 is 0 Å². The van der Waals surface area contributed by atoms with Crippen molar-refractivity contribution in [3.8, 4) is 0 Å². The first-order chi connectivity index (χ1) is 7.37. The van der Waals surface area contributed by atoms with Gasteiger partial charge < -0.3 is 4.90 Å². The molecule has 0 aliphatic carbocycles. The zero-order chi connectivity index (χ0) is 12.3. The molecule has 6 nitrogen and oxygen atoms in total. The molecule has 1 atom stereocenters. The molecule has 16 heavy (non-hydrogen) atoms. The van der Waals surface area contributed by atoms with Crippen molar-refractivity contribution in [1.29, 1.82) is 0 Å². The first-order valence-electron chi connectivity index (χ1n) is 5.36. The van der Waals surface area contributed by atoms with E-state index in [2.05, 4.69) is 34.5 Å². The van der Waals surface area contributed by atoms with Gasteiger partial charge in [-0.3, -0.25) is 16.0 Å². The van der Waals surface area contributed by atoms with E-state index in [-0.39, 0.29) is 11.6 Å². The van der Waals surface area contributed by atoms with Crippen molar-refractivity contribution in [3.63, 3.8) is 0 Å².